The Morgan fingerprint density at radius 2 is 2.15 bits per heavy atom. The van der Waals surface area contributed by atoms with Crippen molar-refractivity contribution in [3.63, 3.8) is 0 Å². The highest BCUT2D eigenvalue weighted by Crippen LogP contribution is 2.23. The van der Waals surface area contributed by atoms with Gasteiger partial charge in [0.15, 0.2) is 0 Å². The molecule has 20 heavy (non-hydrogen) atoms. The summed E-state index contributed by atoms with van der Waals surface area (Å²) in [6.07, 6.45) is 0. The van der Waals surface area contributed by atoms with Crippen LogP contribution in [0.4, 0.5) is 13.8 Å². The first-order chi connectivity index (χ1) is 9.47. The Morgan fingerprint density at radius 3 is 2.75 bits per heavy atom. The van der Waals surface area contributed by atoms with Gasteiger partial charge in [-0.1, -0.05) is 17.4 Å². The molecule has 1 aromatic carbocycles. The van der Waals surface area contributed by atoms with E-state index < -0.39 is 16.6 Å². The number of thiophene rings is 1. The Balaban J connectivity index is 2.00. The summed E-state index contributed by atoms with van der Waals surface area (Å²) in [5, 5.41) is 15.4. The molecule has 2 rings (SSSR count). The molecular formula is C13H12F2N2O2S. The van der Waals surface area contributed by atoms with E-state index in [1.54, 1.807) is 12.3 Å². The predicted octanol–water partition coefficient (Wildman–Crippen LogP) is 3.79. The van der Waals surface area contributed by atoms with Crippen molar-refractivity contribution in [3.05, 3.63) is 62.5 Å². The molecule has 0 radical (unpaired) electrons. The number of hydrogen-bond donors (Lipinski definition) is 1. The molecule has 7 heteroatoms. The Bertz CT molecular complexity index is 631. The number of nitro groups is 1. The summed E-state index contributed by atoms with van der Waals surface area (Å²) < 4.78 is 26.4. The molecule has 0 aliphatic carbocycles. The van der Waals surface area contributed by atoms with Crippen LogP contribution in [-0.4, -0.2) is 4.92 Å². The van der Waals surface area contributed by atoms with E-state index in [-0.39, 0.29) is 11.0 Å². The molecule has 2 aromatic rings. The van der Waals surface area contributed by atoms with E-state index >= 15 is 0 Å². The second-order valence-electron chi connectivity index (χ2n) is 4.32. The number of hydrogen-bond acceptors (Lipinski definition) is 4. The third kappa shape index (κ3) is 3.37. The SMILES string of the molecule is CC(NCc1csc([N+](=O)[O-])c1)c1ccc(F)cc1F. The van der Waals surface area contributed by atoms with Crippen molar-refractivity contribution in [1.29, 1.82) is 0 Å². The van der Waals surface area contributed by atoms with E-state index in [9.17, 15) is 18.9 Å². The van der Waals surface area contributed by atoms with Crippen molar-refractivity contribution in [2.75, 3.05) is 0 Å². The van der Waals surface area contributed by atoms with Gasteiger partial charge in [-0.3, -0.25) is 10.1 Å². The Kier molecular flexibility index (Phi) is 4.41. The van der Waals surface area contributed by atoms with Gasteiger partial charge in [0, 0.05) is 35.7 Å². The summed E-state index contributed by atoms with van der Waals surface area (Å²) in [5.41, 5.74) is 1.12. The Hall–Kier alpha value is -1.86. The fourth-order valence-corrected chi connectivity index (χ4v) is 2.51. The molecule has 106 valence electrons. The fourth-order valence-electron chi connectivity index (χ4n) is 1.78. The van der Waals surface area contributed by atoms with E-state index in [0.717, 1.165) is 23.0 Å². The van der Waals surface area contributed by atoms with Crippen molar-refractivity contribution in [2.24, 2.45) is 0 Å². The van der Waals surface area contributed by atoms with Crippen LogP contribution in [0.15, 0.2) is 29.6 Å². The summed E-state index contributed by atoms with van der Waals surface area (Å²) in [7, 11) is 0. The van der Waals surface area contributed by atoms with Crippen molar-refractivity contribution < 1.29 is 13.7 Å². The van der Waals surface area contributed by atoms with E-state index in [0.29, 0.717) is 12.1 Å². The zero-order valence-electron chi connectivity index (χ0n) is 10.6. The third-order valence-corrected chi connectivity index (χ3v) is 3.79. The largest absolute Gasteiger partial charge is 0.324 e. The average molecular weight is 298 g/mol. The van der Waals surface area contributed by atoms with E-state index in [1.807, 2.05) is 0 Å². The van der Waals surface area contributed by atoms with Gasteiger partial charge >= 0.3 is 5.00 Å². The number of rotatable bonds is 5. The first kappa shape index (κ1) is 14.5. The maximum atomic E-state index is 13.6. The van der Waals surface area contributed by atoms with E-state index in [2.05, 4.69) is 5.32 Å². The number of nitrogens with zero attached hydrogens (tertiary/aromatic N) is 1. The molecule has 0 fully saturated rings. The standard InChI is InChI=1S/C13H12F2N2O2S/c1-8(11-3-2-10(14)5-12(11)15)16-6-9-4-13(17(18)19)20-7-9/h2-5,7-8,16H,6H2,1H3. The second-order valence-corrected chi connectivity index (χ2v) is 5.21. The van der Waals surface area contributed by atoms with Gasteiger partial charge in [0.05, 0.1) is 4.92 Å². The summed E-state index contributed by atoms with van der Waals surface area (Å²) >= 11 is 1.05. The molecule has 1 heterocycles. The number of nitrogens with one attached hydrogen (secondary N) is 1. The molecule has 1 atom stereocenters. The number of benzene rings is 1. The summed E-state index contributed by atoms with van der Waals surface area (Å²) in [6.45, 7) is 2.12. The van der Waals surface area contributed by atoms with Crippen molar-refractivity contribution in [1.82, 2.24) is 5.32 Å². The van der Waals surface area contributed by atoms with Crippen LogP contribution in [0.1, 0.15) is 24.1 Å². The van der Waals surface area contributed by atoms with Gasteiger partial charge in [-0.15, -0.1) is 0 Å². The van der Waals surface area contributed by atoms with Gasteiger partial charge in [0.2, 0.25) is 0 Å². The van der Waals surface area contributed by atoms with Crippen molar-refractivity contribution >= 4 is 16.3 Å². The Labute approximate surface area is 118 Å². The zero-order chi connectivity index (χ0) is 14.7. The zero-order valence-corrected chi connectivity index (χ0v) is 11.4. The molecule has 0 spiro atoms. The van der Waals surface area contributed by atoms with Gasteiger partial charge in [-0.05, 0) is 18.6 Å². The lowest BCUT2D eigenvalue weighted by molar-refractivity contribution is -0.380. The lowest BCUT2D eigenvalue weighted by Crippen LogP contribution is -2.18. The number of halogens is 2. The van der Waals surface area contributed by atoms with Crippen LogP contribution < -0.4 is 5.32 Å². The minimum Gasteiger partial charge on any atom is -0.306 e. The highest BCUT2D eigenvalue weighted by Gasteiger charge is 2.13. The maximum Gasteiger partial charge on any atom is 0.324 e. The molecule has 0 bridgehead atoms. The van der Waals surface area contributed by atoms with Crippen LogP contribution in [0.2, 0.25) is 0 Å². The molecule has 0 aliphatic rings. The second kappa shape index (κ2) is 6.06. The van der Waals surface area contributed by atoms with Gasteiger partial charge in [0.1, 0.15) is 11.6 Å². The molecular weight excluding hydrogens is 286 g/mol. The smallest absolute Gasteiger partial charge is 0.306 e. The van der Waals surface area contributed by atoms with Crippen LogP contribution in [0.25, 0.3) is 0 Å². The predicted molar refractivity (Wildman–Crippen MR) is 72.6 cm³/mol. The van der Waals surface area contributed by atoms with E-state index in [4.69, 9.17) is 0 Å². The first-order valence-electron chi connectivity index (χ1n) is 5.87. The van der Waals surface area contributed by atoms with Gasteiger partial charge in [-0.2, -0.15) is 0 Å². The van der Waals surface area contributed by atoms with Crippen LogP contribution in [0, 0.1) is 21.7 Å². The monoisotopic (exact) mass is 298 g/mol. The maximum absolute atomic E-state index is 13.6. The highest BCUT2D eigenvalue weighted by atomic mass is 32.1. The van der Waals surface area contributed by atoms with Crippen LogP contribution in [-0.2, 0) is 6.54 Å². The molecule has 0 aliphatic heterocycles. The minimum absolute atomic E-state index is 0.0717. The molecule has 4 nitrogen and oxygen atoms in total. The normalized spacial score (nSPS) is 12.3. The van der Waals surface area contributed by atoms with Gasteiger partial charge < -0.3 is 5.32 Å². The molecule has 0 amide bonds. The summed E-state index contributed by atoms with van der Waals surface area (Å²) in [6, 6.07) is 4.58. The third-order valence-electron chi connectivity index (χ3n) is 2.86. The molecule has 0 saturated heterocycles. The van der Waals surface area contributed by atoms with Crippen LogP contribution in [0.3, 0.4) is 0 Å². The summed E-state index contributed by atoms with van der Waals surface area (Å²) in [4.78, 5) is 10.1. The topological polar surface area (TPSA) is 55.2 Å². The Morgan fingerprint density at radius 1 is 1.40 bits per heavy atom. The lowest BCUT2D eigenvalue weighted by atomic mass is 10.1. The molecule has 0 saturated carbocycles. The quantitative estimate of drug-likeness (QED) is 0.675. The highest BCUT2D eigenvalue weighted by molar-refractivity contribution is 7.13. The van der Waals surface area contributed by atoms with Crippen LogP contribution in [0.5, 0.6) is 0 Å². The average Bonchev–Trinajstić information content (AvgIpc) is 2.85. The van der Waals surface area contributed by atoms with Gasteiger partial charge in [-0.25, -0.2) is 8.78 Å². The van der Waals surface area contributed by atoms with E-state index in [1.165, 1.54) is 18.2 Å². The van der Waals surface area contributed by atoms with Crippen LogP contribution >= 0.6 is 11.3 Å². The minimum atomic E-state index is -0.619. The molecule has 1 N–H and O–H groups in total. The fraction of sp³-hybridized carbons (Fsp3) is 0.231. The summed E-state index contributed by atoms with van der Waals surface area (Å²) in [5.74, 6) is -1.23. The lowest BCUT2D eigenvalue weighted by Gasteiger charge is -2.14. The first-order valence-corrected chi connectivity index (χ1v) is 6.75. The van der Waals surface area contributed by atoms with Gasteiger partial charge in [0.25, 0.3) is 0 Å². The molecule has 1 unspecified atom stereocenters. The molecule has 1 aromatic heterocycles. The van der Waals surface area contributed by atoms with Crippen molar-refractivity contribution in [2.45, 2.75) is 19.5 Å². The van der Waals surface area contributed by atoms with Crippen molar-refractivity contribution in [3.8, 4) is 0 Å².